The number of benzene rings is 1. The third-order valence-corrected chi connectivity index (χ3v) is 5.82. The Hall–Kier alpha value is -2.66. The average Bonchev–Trinajstić information content (AvgIpc) is 3.44. The average molecular weight is 378 g/mol. The number of carbonyl (C=O) groups excluding carboxylic acids is 1. The van der Waals surface area contributed by atoms with E-state index in [1.54, 1.807) is 11.3 Å². The lowest BCUT2D eigenvalue weighted by Gasteiger charge is -2.18. The second kappa shape index (κ2) is 7.92. The van der Waals surface area contributed by atoms with E-state index in [1.807, 2.05) is 59.2 Å². The van der Waals surface area contributed by atoms with Crippen LogP contribution in [0.15, 0.2) is 66.2 Å². The lowest BCUT2D eigenvalue weighted by Crippen LogP contribution is -2.27. The molecule has 1 aromatic carbocycles. The van der Waals surface area contributed by atoms with Gasteiger partial charge in [0.25, 0.3) is 0 Å². The van der Waals surface area contributed by atoms with Gasteiger partial charge >= 0.3 is 0 Å². The fourth-order valence-corrected chi connectivity index (χ4v) is 4.19. The maximum atomic E-state index is 12.6. The fourth-order valence-electron chi connectivity index (χ4n) is 3.45. The molecule has 0 radical (unpaired) electrons. The van der Waals surface area contributed by atoms with E-state index < -0.39 is 0 Å². The van der Waals surface area contributed by atoms with Crippen LogP contribution in [0, 0.1) is 5.92 Å². The quantitative estimate of drug-likeness (QED) is 0.572. The second-order valence-corrected chi connectivity index (χ2v) is 7.93. The molecular formula is C22H23N3OS. The highest BCUT2D eigenvalue weighted by atomic mass is 32.1. The molecule has 0 spiro atoms. The van der Waals surface area contributed by atoms with Gasteiger partial charge in [-0.1, -0.05) is 36.4 Å². The molecule has 0 saturated carbocycles. The number of thiophene rings is 1. The first kappa shape index (κ1) is 17.7. The van der Waals surface area contributed by atoms with Crippen molar-refractivity contribution < 1.29 is 4.79 Å². The van der Waals surface area contributed by atoms with Gasteiger partial charge in [-0.3, -0.25) is 4.79 Å². The molecule has 3 aromatic rings. The molecule has 2 aromatic heterocycles. The molecule has 1 aliphatic carbocycles. The van der Waals surface area contributed by atoms with E-state index in [1.165, 1.54) is 0 Å². The van der Waals surface area contributed by atoms with Gasteiger partial charge in [-0.25, -0.2) is 4.68 Å². The maximum absolute atomic E-state index is 12.6. The Balaban J connectivity index is 1.58. The highest BCUT2D eigenvalue weighted by molar-refractivity contribution is 7.13. The van der Waals surface area contributed by atoms with Crippen LogP contribution in [0.3, 0.4) is 0 Å². The zero-order chi connectivity index (χ0) is 18.6. The van der Waals surface area contributed by atoms with E-state index in [2.05, 4.69) is 23.6 Å². The summed E-state index contributed by atoms with van der Waals surface area (Å²) in [7, 11) is 1.89. The summed E-state index contributed by atoms with van der Waals surface area (Å²) < 4.78 is 1.91. The Bertz CT molecular complexity index is 928. The van der Waals surface area contributed by atoms with Crippen LogP contribution in [0.4, 0.5) is 0 Å². The zero-order valence-electron chi connectivity index (χ0n) is 15.4. The first-order valence-corrected chi connectivity index (χ1v) is 10.2. The number of hydrogen-bond acceptors (Lipinski definition) is 3. The molecule has 2 heterocycles. The minimum absolute atomic E-state index is 0.191. The second-order valence-electron chi connectivity index (χ2n) is 6.98. The van der Waals surface area contributed by atoms with Crippen molar-refractivity contribution >= 4 is 17.2 Å². The summed E-state index contributed by atoms with van der Waals surface area (Å²) in [6.45, 7) is 0.565. The summed E-state index contributed by atoms with van der Waals surface area (Å²) in [5.41, 5.74) is 3.04. The minimum Gasteiger partial charge on any atom is -0.341 e. The minimum atomic E-state index is 0.191. The number of nitrogens with zero attached hydrogens (tertiary/aromatic N) is 3. The largest absolute Gasteiger partial charge is 0.341 e. The molecule has 1 atom stereocenters. The molecular weight excluding hydrogens is 354 g/mol. The van der Waals surface area contributed by atoms with Crippen LogP contribution in [0.1, 0.15) is 24.8 Å². The Kier molecular flexibility index (Phi) is 5.21. The Morgan fingerprint density at radius 3 is 2.81 bits per heavy atom. The van der Waals surface area contributed by atoms with Crippen molar-refractivity contribution in [3.05, 3.63) is 71.8 Å². The Morgan fingerprint density at radius 1 is 1.26 bits per heavy atom. The third-order valence-electron chi connectivity index (χ3n) is 4.95. The first-order chi connectivity index (χ1) is 13.2. The molecule has 27 heavy (non-hydrogen) atoms. The molecule has 4 rings (SSSR count). The van der Waals surface area contributed by atoms with E-state index in [0.29, 0.717) is 18.9 Å². The monoisotopic (exact) mass is 377 g/mol. The summed E-state index contributed by atoms with van der Waals surface area (Å²) in [5.74, 6) is 0.583. The van der Waals surface area contributed by atoms with Crippen molar-refractivity contribution in [1.29, 1.82) is 0 Å². The molecule has 138 valence electrons. The number of hydrogen-bond donors (Lipinski definition) is 0. The van der Waals surface area contributed by atoms with E-state index in [4.69, 9.17) is 5.10 Å². The van der Waals surface area contributed by atoms with Gasteiger partial charge in [0.15, 0.2) is 0 Å². The third kappa shape index (κ3) is 4.03. The molecule has 0 N–H and O–H groups in total. The van der Waals surface area contributed by atoms with Gasteiger partial charge in [-0.15, -0.1) is 11.3 Å². The first-order valence-electron chi connectivity index (χ1n) is 9.29. The van der Waals surface area contributed by atoms with Crippen LogP contribution in [0.2, 0.25) is 0 Å². The van der Waals surface area contributed by atoms with Crippen LogP contribution in [-0.2, 0) is 11.3 Å². The summed E-state index contributed by atoms with van der Waals surface area (Å²) in [5, 5.41) is 6.87. The van der Waals surface area contributed by atoms with Gasteiger partial charge in [0.05, 0.1) is 10.6 Å². The zero-order valence-corrected chi connectivity index (χ0v) is 16.2. The van der Waals surface area contributed by atoms with Gasteiger partial charge in [0, 0.05) is 31.8 Å². The van der Waals surface area contributed by atoms with E-state index in [-0.39, 0.29) is 5.91 Å². The highest BCUT2D eigenvalue weighted by Gasteiger charge is 2.20. The molecule has 1 unspecified atom stereocenters. The van der Waals surface area contributed by atoms with Crippen LogP contribution in [0.25, 0.3) is 16.3 Å². The fraction of sp³-hybridized carbons (Fsp3) is 0.273. The van der Waals surface area contributed by atoms with Gasteiger partial charge in [-0.2, -0.15) is 5.10 Å². The van der Waals surface area contributed by atoms with Crippen molar-refractivity contribution in [2.45, 2.75) is 25.8 Å². The number of para-hydroxylation sites is 1. The van der Waals surface area contributed by atoms with E-state index >= 15 is 0 Å². The Labute approximate surface area is 163 Å². The van der Waals surface area contributed by atoms with E-state index in [9.17, 15) is 4.79 Å². The number of carbonyl (C=O) groups is 1. The normalized spacial score (nSPS) is 16.0. The summed E-state index contributed by atoms with van der Waals surface area (Å²) in [6.07, 6.45) is 9.17. The predicted molar refractivity (Wildman–Crippen MR) is 110 cm³/mol. The molecule has 1 aliphatic rings. The molecule has 0 fully saturated rings. The van der Waals surface area contributed by atoms with Crippen LogP contribution in [-0.4, -0.2) is 27.6 Å². The lowest BCUT2D eigenvalue weighted by molar-refractivity contribution is -0.131. The van der Waals surface area contributed by atoms with Gasteiger partial charge in [0.1, 0.15) is 5.69 Å². The Morgan fingerprint density at radius 2 is 2.11 bits per heavy atom. The molecule has 0 saturated heterocycles. The van der Waals surface area contributed by atoms with Crippen molar-refractivity contribution in [3.63, 3.8) is 0 Å². The van der Waals surface area contributed by atoms with Crippen LogP contribution >= 0.6 is 11.3 Å². The van der Waals surface area contributed by atoms with Crippen molar-refractivity contribution in [3.8, 4) is 16.3 Å². The van der Waals surface area contributed by atoms with Gasteiger partial charge < -0.3 is 4.90 Å². The standard InChI is InChI=1S/C22H23N3OS/c1-24(21(26)14-17-8-5-6-9-17)15-18-16-25(19-10-3-2-4-11-19)23-22(18)20-12-7-13-27-20/h2-5,7-8,10-13,16-17H,6,9,14-15H2,1H3. The van der Waals surface area contributed by atoms with Gasteiger partial charge in [0.2, 0.25) is 5.91 Å². The molecule has 4 nitrogen and oxygen atoms in total. The SMILES string of the molecule is CN(Cc1cn(-c2ccccc2)nc1-c1cccs1)C(=O)CC1C=CCC1. The van der Waals surface area contributed by atoms with Crippen LogP contribution in [0.5, 0.6) is 0 Å². The van der Waals surface area contributed by atoms with Crippen molar-refractivity contribution in [2.75, 3.05) is 7.05 Å². The smallest absolute Gasteiger partial charge is 0.223 e. The van der Waals surface area contributed by atoms with Gasteiger partial charge in [-0.05, 0) is 42.3 Å². The number of allylic oxidation sites excluding steroid dienone is 2. The highest BCUT2D eigenvalue weighted by Crippen LogP contribution is 2.29. The lowest BCUT2D eigenvalue weighted by atomic mass is 10.0. The summed E-state index contributed by atoms with van der Waals surface area (Å²) in [4.78, 5) is 15.6. The van der Waals surface area contributed by atoms with Crippen molar-refractivity contribution in [1.82, 2.24) is 14.7 Å². The van der Waals surface area contributed by atoms with Crippen molar-refractivity contribution in [2.24, 2.45) is 5.92 Å². The maximum Gasteiger partial charge on any atom is 0.223 e. The molecule has 0 bridgehead atoms. The van der Waals surface area contributed by atoms with E-state index in [0.717, 1.165) is 34.7 Å². The number of aromatic nitrogens is 2. The van der Waals surface area contributed by atoms with Crippen LogP contribution < -0.4 is 0 Å². The molecule has 0 aliphatic heterocycles. The number of rotatable bonds is 6. The number of amides is 1. The topological polar surface area (TPSA) is 38.1 Å². The summed E-state index contributed by atoms with van der Waals surface area (Å²) in [6, 6.07) is 14.2. The molecule has 5 heteroatoms. The summed E-state index contributed by atoms with van der Waals surface area (Å²) >= 11 is 1.67. The molecule has 1 amide bonds. The predicted octanol–water partition coefficient (Wildman–Crippen LogP) is 4.92.